The van der Waals surface area contributed by atoms with Crippen molar-refractivity contribution in [3.05, 3.63) is 65.5 Å². The van der Waals surface area contributed by atoms with Crippen LogP contribution in [0.25, 0.3) is 17.0 Å². The van der Waals surface area contributed by atoms with Crippen molar-refractivity contribution in [2.75, 3.05) is 11.1 Å². The molecule has 0 aliphatic carbocycles. The molecule has 0 fully saturated rings. The van der Waals surface area contributed by atoms with E-state index in [0.717, 1.165) is 4.68 Å². The van der Waals surface area contributed by atoms with Crippen molar-refractivity contribution in [3.63, 3.8) is 0 Å². The number of fused-ring (bicyclic) bond motifs is 2. The molecule has 1 amide bonds. The predicted molar refractivity (Wildman–Crippen MR) is 120 cm³/mol. The van der Waals surface area contributed by atoms with Crippen LogP contribution >= 0.6 is 0 Å². The van der Waals surface area contributed by atoms with E-state index in [0.29, 0.717) is 11.1 Å². The van der Waals surface area contributed by atoms with Crippen LogP contribution in [0.1, 0.15) is 30.2 Å². The molecule has 0 spiro atoms. The molecule has 1 aliphatic rings. The molecule has 1 atom stereocenters. The summed E-state index contributed by atoms with van der Waals surface area (Å²) in [7, 11) is 0. The number of aryl methyl sites for hydroxylation is 1. The lowest BCUT2D eigenvalue weighted by molar-refractivity contribution is -0.284. The SMILES string of the molecule is CC1(c2ccccc2)C(=O)Nc2nc(-n3nc(CCC(F)(F)C(F)(F)F)c4ncccc43)nc(N)c21. The number of hydrogen-bond donors (Lipinski definition) is 2. The number of carbonyl (C=O) groups excluding carboxylic acids is 1. The number of aromatic nitrogens is 5. The van der Waals surface area contributed by atoms with Gasteiger partial charge in [0.1, 0.15) is 22.6 Å². The maximum absolute atomic E-state index is 13.5. The van der Waals surface area contributed by atoms with Gasteiger partial charge in [0.05, 0.1) is 16.8 Å². The Balaban J connectivity index is 1.58. The Kier molecular flexibility index (Phi) is 5.19. The summed E-state index contributed by atoms with van der Waals surface area (Å²) in [6.45, 7) is 1.69. The number of pyridine rings is 1. The number of rotatable bonds is 5. The highest BCUT2D eigenvalue weighted by Gasteiger charge is 2.56. The van der Waals surface area contributed by atoms with Crippen LogP contribution in [0.15, 0.2) is 48.7 Å². The number of halogens is 5. The number of hydrogen-bond acceptors (Lipinski definition) is 6. The number of amides is 1. The first-order valence-corrected chi connectivity index (χ1v) is 10.8. The van der Waals surface area contributed by atoms with Crippen LogP contribution in [0.2, 0.25) is 0 Å². The maximum atomic E-state index is 13.5. The second-order valence-electron chi connectivity index (χ2n) is 8.51. The fourth-order valence-corrected chi connectivity index (χ4v) is 4.29. The van der Waals surface area contributed by atoms with Crippen molar-refractivity contribution in [1.82, 2.24) is 24.7 Å². The van der Waals surface area contributed by atoms with E-state index in [2.05, 4.69) is 25.4 Å². The maximum Gasteiger partial charge on any atom is 0.453 e. The number of nitrogen functional groups attached to an aromatic ring is 1. The van der Waals surface area contributed by atoms with Gasteiger partial charge in [-0.3, -0.25) is 9.78 Å². The van der Waals surface area contributed by atoms with Crippen LogP contribution < -0.4 is 11.1 Å². The van der Waals surface area contributed by atoms with E-state index < -0.39 is 30.4 Å². The minimum Gasteiger partial charge on any atom is -0.383 e. The fourth-order valence-electron chi connectivity index (χ4n) is 4.29. The van der Waals surface area contributed by atoms with Crippen LogP contribution in [-0.4, -0.2) is 42.7 Å². The molecule has 1 unspecified atom stereocenters. The van der Waals surface area contributed by atoms with E-state index in [9.17, 15) is 26.7 Å². The molecular formula is C23H18F5N7O. The number of benzene rings is 1. The van der Waals surface area contributed by atoms with Gasteiger partial charge in [-0.25, -0.2) is 0 Å². The summed E-state index contributed by atoms with van der Waals surface area (Å²) in [5.74, 6) is -5.23. The molecule has 13 heteroatoms. The van der Waals surface area contributed by atoms with Gasteiger partial charge >= 0.3 is 12.1 Å². The van der Waals surface area contributed by atoms with Gasteiger partial charge in [-0.2, -0.15) is 41.7 Å². The van der Waals surface area contributed by atoms with Gasteiger partial charge in [0, 0.05) is 12.6 Å². The van der Waals surface area contributed by atoms with E-state index in [4.69, 9.17) is 5.73 Å². The number of anilines is 2. The Hall–Kier alpha value is -4.16. The second kappa shape index (κ2) is 7.93. The van der Waals surface area contributed by atoms with Gasteiger partial charge in [-0.05, 0) is 31.0 Å². The summed E-state index contributed by atoms with van der Waals surface area (Å²) in [4.78, 5) is 25.8. The zero-order valence-electron chi connectivity index (χ0n) is 18.6. The van der Waals surface area contributed by atoms with Crippen molar-refractivity contribution < 1.29 is 26.7 Å². The molecule has 5 rings (SSSR count). The molecule has 3 aromatic heterocycles. The third-order valence-corrected chi connectivity index (χ3v) is 6.25. The van der Waals surface area contributed by atoms with E-state index in [-0.39, 0.29) is 40.2 Å². The van der Waals surface area contributed by atoms with Crippen LogP contribution in [0.3, 0.4) is 0 Å². The number of nitrogens with two attached hydrogens (primary N) is 1. The van der Waals surface area contributed by atoms with Crippen molar-refractivity contribution >= 4 is 28.6 Å². The summed E-state index contributed by atoms with van der Waals surface area (Å²) in [5, 5.41) is 6.89. The topological polar surface area (TPSA) is 112 Å². The van der Waals surface area contributed by atoms with Gasteiger partial charge in [-0.15, -0.1) is 0 Å². The van der Waals surface area contributed by atoms with Crippen LogP contribution in [0, 0.1) is 0 Å². The first-order chi connectivity index (χ1) is 16.9. The number of alkyl halides is 5. The summed E-state index contributed by atoms with van der Waals surface area (Å²) < 4.78 is 66.2. The molecule has 3 N–H and O–H groups in total. The Bertz CT molecular complexity index is 1490. The predicted octanol–water partition coefficient (Wildman–Crippen LogP) is 4.18. The van der Waals surface area contributed by atoms with Crippen molar-refractivity contribution in [3.8, 4) is 5.95 Å². The van der Waals surface area contributed by atoms with Crippen LogP contribution in [-0.2, 0) is 16.6 Å². The fraction of sp³-hybridized carbons (Fsp3) is 0.261. The third kappa shape index (κ3) is 3.53. The van der Waals surface area contributed by atoms with Crippen LogP contribution in [0.4, 0.5) is 33.6 Å². The van der Waals surface area contributed by atoms with Gasteiger partial charge < -0.3 is 11.1 Å². The standard InChI is InChI=1S/C23H18F5N7O/c1-21(12-6-3-2-4-7-12)15-17(29)31-20(33-18(15)32-19(21)36)35-14-8-5-11-30-16(14)13(34-35)9-10-22(24,25)23(26,27)28/h2-8,11H,9-10H2,1H3,(H3,29,31,32,33,36). The normalized spacial score (nSPS) is 17.9. The first kappa shape index (κ1) is 23.6. The Labute approximate surface area is 200 Å². The van der Waals surface area contributed by atoms with E-state index >= 15 is 0 Å². The lowest BCUT2D eigenvalue weighted by atomic mass is 9.78. The van der Waals surface area contributed by atoms with Crippen molar-refractivity contribution in [1.29, 1.82) is 0 Å². The minimum absolute atomic E-state index is 0.0163. The molecule has 0 bridgehead atoms. The van der Waals surface area contributed by atoms with Gasteiger partial charge in [0.15, 0.2) is 0 Å². The highest BCUT2D eigenvalue weighted by molar-refractivity contribution is 6.09. The third-order valence-electron chi connectivity index (χ3n) is 6.25. The molecule has 0 saturated heterocycles. The summed E-state index contributed by atoms with van der Waals surface area (Å²) in [5.41, 5.74) is 6.45. The zero-order chi connectivity index (χ0) is 25.9. The molecule has 36 heavy (non-hydrogen) atoms. The highest BCUT2D eigenvalue weighted by atomic mass is 19.4. The zero-order valence-corrected chi connectivity index (χ0v) is 18.6. The average molecular weight is 503 g/mol. The molecule has 8 nitrogen and oxygen atoms in total. The summed E-state index contributed by atoms with van der Waals surface area (Å²) in [6, 6.07) is 12.0. The van der Waals surface area contributed by atoms with Gasteiger partial charge in [0.25, 0.3) is 5.95 Å². The molecule has 186 valence electrons. The summed E-state index contributed by atoms with van der Waals surface area (Å²) in [6.07, 6.45) is -6.52. The van der Waals surface area contributed by atoms with Crippen LogP contribution in [0.5, 0.6) is 0 Å². The van der Waals surface area contributed by atoms with Crippen molar-refractivity contribution in [2.45, 2.75) is 37.3 Å². The molecule has 1 aliphatic heterocycles. The lowest BCUT2D eigenvalue weighted by Gasteiger charge is -2.23. The number of nitrogens with zero attached hydrogens (tertiary/aromatic N) is 5. The summed E-state index contributed by atoms with van der Waals surface area (Å²) >= 11 is 0. The molecule has 0 saturated carbocycles. The minimum atomic E-state index is -5.68. The molecule has 4 aromatic rings. The Morgan fingerprint density at radius 1 is 1.06 bits per heavy atom. The average Bonchev–Trinajstić information content (AvgIpc) is 3.33. The highest BCUT2D eigenvalue weighted by Crippen LogP contribution is 2.44. The Morgan fingerprint density at radius 3 is 2.47 bits per heavy atom. The number of nitrogens with one attached hydrogen (secondary N) is 1. The van der Waals surface area contributed by atoms with E-state index in [1.807, 2.05) is 6.07 Å². The Morgan fingerprint density at radius 2 is 1.78 bits per heavy atom. The monoisotopic (exact) mass is 503 g/mol. The smallest absolute Gasteiger partial charge is 0.383 e. The second-order valence-corrected chi connectivity index (χ2v) is 8.51. The number of carbonyl (C=O) groups is 1. The first-order valence-electron chi connectivity index (χ1n) is 10.8. The van der Waals surface area contributed by atoms with E-state index in [1.54, 1.807) is 43.3 Å². The molecule has 0 radical (unpaired) electrons. The van der Waals surface area contributed by atoms with Gasteiger partial charge in [-0.1, -0.05) is 30.3 Å². The molecule has 4 heterocycles. The van der Waals surface area contributed by atoms with Gasteiger partial charge in [0.2, 0.25) is 5.91 Å². The van der Waals surface area contributed by atoms with Crippen molar-refractivity contribution in [2.24, 2.45) is 0 Å². The quantitative estimate of drug-likeness (QED) is 0.395. The largest absolute Gasteiger partial charge is 0.453 e. The van der Waals surface area contributed by atoms with E-state index in [1.165, 1.54) is 6.20 Å². The molecule has 1 aromatic carbocycles. The molecular weight excluding hydrogens is 485 g/mol. The lowest BCUT2D eigenvalue weighted by Crippen LogP contribution is -2.36.